The first kappa shape index (κ1) is 17.7. The van der Waals surface area contributed by atoms with Crippen LogP contribution in [0, 0.1) is 23.0 Å². The van der Waals surface area contributed by atoms with E-state index in [2.05, 4.69) is 5.32 Å². The number of carboxylic acids is 1. The van der Waals surface area contributed by atoms with Crippen LogP contribution in [0.25, 0.3) is 0 Å². The van der Waals surface area contributed by atoms with Gasteiger partial charge in [-0.3, -0.25) is 0 Å². The fourth-order valence-corrected chi connectivity index (χ4v) is 3.07. The number of rotatable bonds is 2. The van der Waals surface area contributed by atoms with Gasteiger partial charge in [0.25, 0.3) is 0 Å². The van der Waals surface area contributed by atoms with Crippen molar-refractivity contribution in [3.63, 3.8) is 0 Å². The van der Waals surface area contributed by atoms with Crippen LogP contribution >= 0.6 is 0 Å². The molecule has 0 bridgehead atoms. The lowest BCUT2D eigenvalue weighted by Gasteiger charge is -2.54. The third-order valence-electron chi connectivity index (χ3n) is 4.21. The topological polar surface area (TPSA) is 49.3 Å². The molecule has 1 saturated heterocycles. The maximum Gasteiger partial charge on any atom is 0.490 e. The quantitative estimate of drug-likeness (QED) is 0.815. The Morgan fingerprint density at radius 2 is 1.83 bits per heavy atom. The van der Waals surface area contributed by atoms with Gasteiger partial charge in [-0.05, 0) is 42.2 Å². The van der Waals surface area contributed by atoms with Gasteiger partial charge in [0.1, 0.15) is 11.6 Å². The van der Waals surface area contributed by atoms with Crippen LogP contribution in [0.15, 0.2) is 18.2 Å². The summed E-state index contributed by atoms with van der Waals surface area (Å²) in [5, 5.41) is 10.4. The molecule has 0 atom stereocenters. The van der Waals surface area contributed by atoms with E-state index in [1.807, 2.05) is 0 Å². The fourth-order valence-electron chi connectivity index (χ4n) is 3.07. The van der Waals surface area contributed by atoms with Gasteiger partial charge in [0.2, 0.25) is 0 Å². The summed E-state index contributed by atoms with van der Waals surface area (Å²) in [5.41, 5.74) is 1.19. The number of hydrogen-bond donors (Lipinski definition) is 2. The highest BCUT2D eigenvalue weighted by Crippen LogP contribution is 2.49. The van der Waals surface area contributed by atoms with E-state index < -0.39 is 23.8 Å². The molecule has 1 aromatic carbocycles. The minimum Gasteiger partial charge on any atom is -0.475 e. The normalized spacial score (nSPS) is 19.3. The molecule has 1 aliphatic carbocycles. The van der Waals surface area contributed by atoms with Crippen molar-refractivity contribution in [2.75, 3.05) is 13.1 Å². The Balaban J connectivity index is 0.000000236. The summed E-state index contributed by atoms with van der Waals surface area (Å²) in [5.74, 6) is -3.06. The molecule has 0 unspecified atom stereocenters. The standard InChI is InChI=1S/C13H15F2N.C2HF3O2/c14-11-2-1-10(12(15)4-11)3-9-5-13(6-9)7-16-8-13;3-2(4,5)1(6)7/h1-2,4,9,16H,3,5-8H2;(H,6,7). The van der Waals surface area contributed by atoms with E-state index in [-0.39, 0.29) is 0 Å². The molecule has 8 heteroatoms. The fraction of sp³-hybridized carbons (Fsp3) is 0.533. The first-order chi connectivity index (χ1) is 10.6. The highest BCUT2D eigenvalue weighted by molar-refractivity contribution is 5.73. The minimum atomic E-state index is -5.08. The molecule has 3 nitrogen and oxygen atoms in total. The number of halogens is 5. The lowest BCUT2D eigenvalue weighted by atomic mass is 9.57. The van der Waals surface area contributed by atoms with Crippen molar-refractivity contribution in [2.24, 2.45) is 11.3 Å². The van der Waals surface area contributed by atoms with Crippen LogP contribution in [-0.4, -0.2) is 30.3 Å². The summed E-state index contributed by atoms with van der Waals surface area (Å²) >= 11 is 0. The van der Waals surface area contributed by atoms with Crippen LogP contribution in [0.3, 0.4) is 0 Å². The molecule has 1 saturated carbocycles. The van der Waals surface area contributed by atoms with E-state index in [1.165, 1.54) is 18.9 Å². The van der Waals surface area contributed by atoms with Gasteiger partial charge in [-0.2, -0.15) is 13.2 Å². The number of hydrogen-bond acceptors (Lipinski definition) is 2. The van der Waals surface area contributed by atoms with E-state index in [0.717, 1.165) is 25.6 Å². The van der Waals surface area contributed by atoms with Crippen molar-refractivity contribution in [1.82, 2.24) is 5.32 Å². The lowest BCUT2D eigenvalue weighted by molar-refractivity contribution is -0.192. The maximum absolute atomic E-state index is 13.4. The molecule has 128 valence electrons. The Labute approximate surface area is 129 Å². The van der Waals surface area contributed by atoms with Gasteiger partial charge in [0.05, 0.1) is 0 Å². The Kier molecular flexibility index (Phi) is 4.93. The molecule has 1 aromatic rings. The van der Waals surface area contributed by atoms with Gasteiger partial charge < -0.3 is 10.4 Å². The second-order valence-electron chi connectivity index (χ2n) is 6.12. The third kappa shape index (κ3) is 4.40. The predicted molar refractivity (Wildman–Crippen MR) is 71.8 cm³/mol. The minimum absolute atomic E-state index is 0.396. The molecule has 1 heterocycles. The molecule has 2 N–H and O–H groups in total. The van der Waals surface area contributed by atoms with E-state index in [9.17, 15) is 22.0 Å². The number of alkyl halides is 3. The van der Waals surface area contributed by atoms with E-state index in [0.29, 0.717) is 16.9 Å². The summed E-state index contributed by atoms with van der Waals surface area (Å²) in [6.07, 6.45) is -1.94. The molecule has 23 heavy (non-hydrogen) atoms. The van der Waals surface area contributed by atoms with Crippen molar-refractivity contribution in [3.8, 4) is 0 Å². The van der Waals surface area contributed by atoms with Gasteiger partial charge in [-0.1, -0.05) is 6.07 Å². The number of carboxylic acid groups (broad SMARTS) is 1. The molecular formula is C15H16F5NO2. The number of carbonyl (C=O) groups is 1. The molecule has 0 aromatic heterocycles. The van der Waals surface area contributed by atoms with Crippen LogP contribution in [0.1, 0.15) is 18.4 Å². The molecule has 0 amide bonds. The summed E-state index contributed by atoms with van der Waals surface area (Å²) in [6.45, 7) is 2.24. The average Bonchev–Trinajstić information content (AvgIpc) is 2.32. The number of nitrogens with one attached hydrogen (secondary N) is 1. The molecule has 2 fully saturated rings. The SMILES string of the molecule is Fc1ccc(CC2CC3(CNC3)C2)c(F)c1.O=C(O)C(F)(F)F. The third-order valence-corrected chi connectivity index (χ3v) is 4.21. The van der Waals surface area contributed by atoms with E-state index in [4.69, 9.17) is 9.90 Å². The van der Waals surface area contributed by atoms with Gasteiger partial charge in [0.15, 0.2) is 0 Å². The van der Waals surface area contributed by atoms with Crippen molar-refractivity contribution in [2.45, 2.75) is 25.4 Å². The average molecular weight is 337 g/mol. The molecule has 1 spiro atoms. The van der Waals surface area contributed by atoms with Gasteiger partial charge in [-0.15, -0.1) is 0 Å². The van der Waals surface area contributed by atoms with E-state index >= 15 is 0 Å². The molecule has 0 radical (unpaired) electrons. The van der Waals surface area contributed by atoms with Crippen molar-refractivity contribution >= 4 is 5.97 Å². The monoisotopic (exact) mass is 337 g/mol. The Morgan fingerprint density at radius 1 is 1.26 bits per heavy atom. The first-order valence-electron chi connectivity index (χ1n) is 7.06. The summed E-state index contributed by atoms with van der Waals surface area (Å²) in [7, 11) is 0. The zero-order valence-corrected chi connectivity index (χ0v) is 12.1. The van der Waals surface area contributed by atoms with Crippen LogP contribution in [-0.2, 0) is 11.2 Å². The zero-order valence-electron chi connectivity index (χ0n) is 12.1. The highest BCUT2D eigenvalue weighted by atomic mass is 19.4. The molecule has 3 rings (SSSR count). The first-order valence-corrected chi connectivity index (χ1v) is 7.06. The van der Waals surface area contributed by atoms with Crippen LogP contribution in [0.2, 0.25) is 0 Å². The second-order valence-corrected chi connectivity index (χ2v) is 6.12. The van der Waals surface area contributed by atoms with Crippen LogP contribution in [0.5, 0.6) is 0 Å². The Morgan fingerprint density at radius 3 is 2.22 bits per heavy atom. The maximum atomic E-state index is 13.4. The van der Waals surface area contributed by atoms with Gasteiger partial charge >= 0.3 is 12.1 Å². The highest BCUT2D eigenvalue weighted by Gasteiger charge is 2.48. The molecule has 2 aliphatic rings. The largest absolute Gasteiger partial charge is 0.490 e. The molecule has 1 aliphatic heterocycles. The number of aliphatic carboxylic acids is 1. The second kappa shape index (κ2) is 6.43. The summed E-state index contributed by atoms with van der Waals surface area (Å²) < 4.78 is 57.9. The van der Waals surface area contributed by atoms with Gasteiger partial charge in [-0.25, -0.2) is 13.6 Å². The summed E-state index contributed by atoms with van der Waals surface area (Å²) in [6, 6.07) is 3.90. The van der Waals surface area contributed by atoms with Crippen LogP contribution in [0.4, 0.5) is 22.0 Å². The molecular weight excluding hydrogens is 321 g/mol. The predicted octanol–water partition coefficient (Wildman–Crippen LogP) is 3.14. The Hall–Kier alpha value is -1.70. The van der Waals surface area contributed by atoms with Crippen molar-refractivity contribution in [1.29, 1.82) is 0 Å². The zero-order chi connectivity index (χ0) is 17.3. The van der Waals surface area contributed by atoms with Crippen molar-refractivity contribution < 1.29 is 31.9 Å². The number of benzene rings is 1. The smallest absolute Gasteiger partial charge is 0.475 e. The Bertz CT molecular complexity index is 576. The van der Waals surface area contributed by atoms with E-state index in [1.54, 1.807) is 6.07 Å². The van der Waals surface area contributed by atoms with Crippen LogP contribution < -0.4 is 5.32 Å². The van der Waals surface area contributed by atoms with Crippen molar-refractivity contribution in [3.05, 3.63) is 35.4 Å². The summed E-state index contributed by atoms with van der Waals surface area (Å²) in [4.78, 5) is 8.90. The lowest BCUT2D eigenvalue weighted by Crippen LogP contribution is -2.60. The van der Waals surface area contributed by atoms with Gasteiger partial charge in [0, 0.05) is 19.2 Å².